The van der Waals surface area contributed by atoms with Gasteiger partial charge in [-0.1, -0.05) is 17.7 Å². The summed E-state index contributed by atoms with van der Waals surface area (Å²) in [5.41, 5.74) is -0.364. The number of carbonyl (C=O) groups is 2. The lowest BCUT2D eigenvalue weighted by atomic mass is 9.83. The molecule has 6 rings (SSSR count). The van der Waals surface area contributed by atoms with Gasteiger partial charge in [-0.05, 0) is 50.5 Å². The lowest BCUT2D eigenvalue weighted by Gasteiger charge is -2.32. The fourth-order valence-electron chi connectivity index (χ4n) is 7.80. The molecule has 4 aliphatic carbocycles. The van der Waals surface area contributed by atoms with E-state index in [1.807, 2.05) is 0 Å². The van der Waals surface area contributed by atoms with Crippen molar-refractivity contribution in [3.63, 3.8) is 0 Å². The second-order valence-electron chi connectivity index (χ2n) is 13.1. The summed E-state index contributed by atoms with van der Waals surface area (Å²) in [7, 11) is 1.32. The third kappa shape index (κ3) is 5.12. The van der Waals surface area contributed by atoms with E-state index in [-0.39, 0.29) is 47.6 Å². The van der Waals surface area contributed by atoms with Crippen LogP contribution < -0.4 is 15.4 Å². The van der Waals surface area contributed by atoms with Gasteiger partial charge in [0.25, 0.3) is 11.8 Å². The first-order valence-corrected chi connectivity index (χ1v) is 14.8. The summed E-state index contributed by atoms with van der Waals surface area (Å²) in [6.07, 6.45) is -1.63. The van der Waals surface area contributed by atoms with Crippen molar-refractivity contribution in [2.45, 2.75) is 76.2 Å². The van der Waals surface area contributed by atoms with Gasteiger partial charge in [0.2, 0.25) is 11.8 Å². The number of aromatic nitrogens is 1. The monoisotopic (exact) mass is 626 g/mol. The van der Waals surface area contributed by atoms with Gasteiger partial charge >= 0.3 is 6.18 Å². The van der Waals surface area contributed by atoms with Crippen LogP contribution in [0.15, 0.2) is 29.1 Å². The van der Waals surface area contributed by atoms with Crippen molar-refractivity contribution in [3.8, 4) is 5.88 Å². The maximum Gasteiger partial charge on any atom is 0.409 e. The number of methoxy groups -OCH3 is 1. The Bertz CT molecular complexity index is 1420. The number of alkyl halides is 5. The van der Waals surface area contributed by atoms with Gasteiger partial charge in [0, 0.05) is 54.8 Å². The first-order chi connectivity index (χ1) is 20.7. The average Bonchev–Trinajstić information content (AvgIpc) is 3.49. The number of fused-ring (bicyclic) bond motifs is 3. The van der Waals surface area contributed by atoms with E-state index in [1.165, 1.54) is 33.2 Å². The van der Waals surface area contributed by atoms with Crippen LogP contribution in [-0.4, -0.2) is 71.6 Å². The number of oxime groups is 1. The molecule has 2 amide bonds. The summed E-state index contributed by atoms with van der Waals surface area (Å²) in [5.74, 6) is -7.07. The lowest BCUT2D eigenvalue weighted by molar-refractivity contribution is -0.128. The predicted octanol–water partition coefficient (Wildman–Crippen LogP) is 4.00. The number of pyridine rings is 1. The van der Waals surface area contributed by atoms with Crippen LogP contribution in [0.25, 0.3) is 0 Å². The molecule has 3 N–H and O–H groups in total. The van der Waals surface area contributed by atoms with Gasteiger partial charge in [-0.15, -0.1) is 0 Å². The lowest BCUT2D eigenvalue weighted by Crippen LogP contribution is -2.52. The number of halogens is 5. The van der Waals surface area contributed by atoms with Gasteiger partial charge in [-0.2, -0.15) is 13.2 Å². The maximum atomic E-state index is 14.0. The van der Waals surface area contributed by atoms with E-state index in [0.29, 0.717) is 37.0 Å². The largest absolute Gasteiger partial charge is 0.480 e. The Morgan fingerprint density at radius 1 is 1.23 bits per heavy atom. The number of nitrogens with zero attached hydrogens (tertiary/aromatic N) is 2. The fraction of sp³-hybridized carbons (Fsp3) is 0.667. The van der Waals surface area contributed by atoms with E-state index in [4.69, 9.17) is 9.57 Å². The molecular formula is C30H35F5N4O5. The number of allylic oxidation sites excluding steroid dienone is 1. The van der Waals surface area contributed by atoms with Crippen molar-refractivity contribution in [2.24, 2.45) is 40.2 Å². The highest BCUT2D eigenvalue weighted by atomic mass is 19.4. The summed E-state index contributed by atoms with van der Waals surface area (Å²) < 4.78 is 74.0. The minimum Gasteiger partial charge on any atom is -0.480 e. The maximum absolute atomic E-state index is 14.0. The second-order valence-corrected chi connectivity index (χ2v) is 13.1. The quantitative estimate of drug-likeness (QED) is 0.296. The molecule has 2 bridgehead atoms. The molecule has 1 aromatic heterocycles. The molecule has 240 valence electrons. The Balaban J connectivity index is 1.27. The van der Waals surface area contributed by atoms with Crippen molar-refractivity contribution in [3.05, 3.63) is 35.0 Å². The zero-order valence-corrected chi connectivity index (χ0v) is 24.5. The van der Waals surface area contributed by atoms with Crippen LogP contribution in [0, 0.1) is 35.0 Å². The molecule has 0 radical (unpaired) electrons. The molecule has 5 aliphatic rings. The Morgan fingerprint density at radius 2 is 1.93 bits per heavy atom. The molecular weight excluding hydrogens is 591 g/mol. The van der Waals surface area contributed by atoms with E-state index in [1.54, 1.807) is 0 Å². The van der Waals surface area contributed by atoms with Gasteiger partial charge in [0.05, 0.1) is 24.2 Å². The molecule has 9 nitrogen and oxygen atoms in total. The van der Waals surface area contributed by atoms with Gasteiger partial charge in [-0.25, -0.2) is 13.8 Å². The van der Waals surface area contributed by atoms with E-state index < -0.39 is 65.6 Å². The Kier molecular flexibility index (Phi) is 7.44. The number of nitrogens with one attached hydrogen (secondary N) is 2. The Hall–Kier alpha value is -3.29. The molecule has 0 aromatic carbocycles. The van der Waals surface area contributed by atoms with Crippen LogP contribution in [0.5, 0.6) is 5.88 Å². The van der Waals surface area contributed by atoms with Crippen LogP contribution in [0.3, 0.4) is 0 Å². The molecule has 1 aliphatic heterocycles. The van der Waals surface area contributed by atoms with Crippen molar-refractivity contribution >= 4 is 17.5 Å². The third-order valence-corrected chi connectivity index (χ3v) is 10.5. The predicted molar refractivity (Wildman–Crippen MR) is 146 cm³/mol. The minimum atomic E-state index is -4.63. The molecule has 4 saturated carbocycles. The van der Waals surface area contributed by atoms with E-state index >= 15 is 0 Å². The highest BCUT2D eigenvalue weighted by molar-refractivity contribution is 6.06. The van der Waals surface area contributed by atoms with Gasteiger partial charge in [0.1, 0.15) is 11.7 Å². The summed E-state index contributed by atoms with van der Waals surface area (Å²) in [4.78, 5) is 37.2. The molecule has 4 unspecified atom stereocenters. The number of hydrogen-bond donors (Lipinski definition) is 3. The first kappa shape index (κ1) is 30.7. The minimum absolute atomic E-state index is 0.00496. The smallest absolute Gasteiger partial charge is 0.409 e. The first-order valence-electron chi connectivity index (χ1n) is 14.8. The highest BCUT2D eigenvalue weighted by Crippen LogP contribution is 2.62. The molecule has 4 fully saturated rings. The van der Waals surface area contributed by atoms with E-state index in [2.05, 4.69) is 20.8 Å². The number of hydrogen-bond acceptors (Lipinski definition) is 7. The van der Waals surface area contributed by atoms with Crippen molar-refractivity contribution in [1.29, 1.82) is 0 Å². The second kappa shape index (κ2) is 10.7. The average molecular weight is 627 g/mol. The Labute approximate surface area is 250 Å². The number of rotatable bonds is 8. The van der Waals surface area contributed by atoms with Crippen molar-refractivity contribution < 1.29 is 46.2 Å². The number of carbonyl (C=O) groups excluding carboxylic acids is 2. The molecule has 44 heavy (non-hydrogen) atoms. The third-order valence-electron chi connectivity index (χ3n) is 10.5. The SMILES string of the molecule is COc1ncc(C2=NOC3CC(CO)CC23)cc1C(=O)N[C@H]1[C@@H](C(=O)N[C@H](C)C2(C)CC2(F)F)[C@H]2CC[C@@H]1/C2=C\C(F)(F)F. The summed E-state index contributed by atoms with van der Waals surface area (Å²) in [5, 5.41) is 19.2. The van der Waals surface area contributed by atoms with Gasteiger partial charge in [-0.3, -0.25) is 9.59 Å². The Morgan fingerprint density at radius 3 is 2.57 bits per heavy atom. The van der Waals surface area contributed by atoms with Crippen LogP contribution in [0.2, 0.25) is 0 Å². The molecule has 0 saturated heterocycles. The number of amides is 2. The molecule has 0 spiro atoms. The van der Waals surface area contributed by atoms with Crippen LogP contribution in [0.4, 0.5) is 22.0 Å². The van der Waals surface area contributed by atoms with Crippen molar-refractivity contribution in [1.82, 2.24) is 15.6 Å². The fourth-order valence-corrected chi connectivity index (χ4v) is 7.80. The van der Waals surface area contributed by atoms with Crippen LogP contribution in [0.1, 0.15) is 61.9 Å². The van der Waals surface area contributed by atoms with Crippen LogP contribution >= 0.6 is 0 Å². The van der Waals surface area contributed by atoms with E-state index in [0.717, 1.165) is 0 Å². The topological polar surface area (TPSA) is 122 Å². The highest BCUT2D eigenvalue weighted by Gasteiger charge is 2.70. The molecule has 2 heterocycles. The molecule has 9 atom stereocenters. The standard InChI is InChI=1S/C30H35F5N4O5/c1-13(28(2)12-29(28,31)32)37-26(42)22-16-4-5-17(20(16)9-30(33,34)35)24(22)38-25(41)19-8-15(10-36-27(19)43-3)23-18-6-14(11-40)7-21(18)44-39-23/h8-10,13-14,16-18,21-22,24,40H,4-7,11-12H2,1-3H3,(H,37,42)(H,38,41)/b20-9-/t13-,14?,16+,17-,18?,21?,22+,24-,28?/m1/s1. The van der Waals surface area contributed by atoms with E-state index in [9.17, 15) is 36.6 Å². The zero-order chi connectivity index (χ0) is 31.8. The van der Waals surface area contributed by atoms with Gasteiger partial charge in [0.15, 0.2) is 0 Å². The molecule has 14 heteroatoms. The van der Waals surface area contributed by atoms with Crippen LogP contribution in [-0.2, 0) is 9.63 Å². The summed E-state index contributed by atoms with van der Waals surface area (Å²) >= 11 is 0. The summed E-state index contributed by atoms with van der Waals surface area (Å²) in [6, 6.07) is -0.430. The number of ether oxygens (including phenoxy) is 1. The number of aliphatic hydroxyl groups excluding tert-OH is 1. The zero-order valence-electron chi connectivity index (χ0n) is 24.5. The van der Waals surface area contributed by atoms with Gasteiger partial charge < -0.3 is 25.3 Å². The molecule has 1 aromatic rings. The summed E-state index contributed by atoms with van der Waals surface area (Å²) in [6.45, 7) is 2.83. The number of aliphatic hydroxyl groups is 1. The van der Waals surface area contributed by atoms with Crippen molar-refractivity contribution in [2.75, 3.05) is 13.7 Å². The normalized spacial score (nSPS) is 36.4.